The summed E-state index contributed by atoms with van der Waals surface area (Å²) in [4.78, 5) is 7.54. The molecule has 0 aromatic heterocycles. The molecule has 1 aliphatic heterocycles. The second-order valence-corrected chi connectivity index (χ2v) is 8.51. The molecule has 0 radical (unpaired) electrons. The Morgan fingerprint density at radius 1 is 1.11 bits per heavy atom. The van der Waals surface area contributed by atoms with Crippen LogP contribution in [0.1, 0.15) is 51.0 Å². The zero-order chi connectivity index (χ0) is 17.8. The SMILES string of the molecule is CCNC(=NCC1(C2CC2)CC1)NC1CCN(Cc2ccccc2)CC1.I. The zero-order valence-corrected chi connectivity index (χ0v) is 19.0. The number of hydrogen-bond donors (Lipinski definition) is 2. The van der Waals surface area contributed by atoms with Crippen molar-refractivity contribution in [3.8, 4) is 0 Å². The molecular formula is C22H35IN4. The van der Waals surface area contributed by atoms with Gasteiger partial charge in [-0.2, -0.15) is 0 Å². The van der Waals surface area contributed by atoms with Crippen LogP contribution in [0.25, 0.3) is 0 Å². The summed E-state index contributed by atoms with van der Waals surface area (Å²) < 4.78 is 0. The first-order chi connectivity index (χ1) is 12.8. The summed E-state index contributed by atoms with van der Waals surface area (Å²) in [5, 5.41) is 7.18. The van der Waals surface area contributed by atoms with Crippen LogP contribution in [0.2, 0.25) is 0 Å². The lowest BCUT2D eigenvalue weighted by Gasteiger charge is -2.33. The van der Waals surface area contributed by atoms with Gasteiger partial charge in [0.2, 0.25) is 0 Å². The van der Waals surface area contributed by atoms with Gasteiger partial charge in [0.05, 0.1) is 0 Å². The minimum Gasteiger partial charge on any atom is -0.357 e. The van der Waals surface area contributed by atoms with E-state index in [-0.39, 0.29) is 24.0 Å². The number of hydrogen-bond acceptors (Lipinski definition) is 2. The Morgan fingerprint density at radius 2 is 1.81 bits per heavy atom. The van der Waals surface area contributed by atoms with E-state index in [1.54, 1.807) is 0 Å². The number of nitrogens with zero attached hydrogens (tertiary/aromatic N) is 2. The molecule has 1 saturated heterocycles. The summed E-state index contributed by atoms with van der Waals surface area (Å²) in [5.74, 6) is 2.02. The van der Waals surface area contributed by atoms with Crippen LogP contribution < -0.4 is 10.6 Å². The van der Waals surface area contributed by atoms with E-state index in [4.69, 9.17) is 4.99 Å². The molecule has 3 aliphatic rings. The molecule has 1 aromatic rings. The van der Waals surface area contributed by atoms with Crippen molar-refractivity contribution in [2.75, 3.05) is 26.2 Å². The zero-order valence-electron chi connectivity index (χ0n) is 16.6. The molecule has 0 spiro atoms. The Balaban J connectivity index is 0.00000210. The third-order valence-corrected chi connectivity index (χ3v) is 6.41. The minimum atomic E-state index is 0. The first-order valence-corrected chi connectivity index (χ1v) is 10.6. The number of guanidine groups is 1. The van der Waals surface area contributed by atoms with Gasteiger partial charge in [0.25, 0.3) is 0 Å². The van der Waals surface area contributed by atoms with Crippen LogP contribution in [0, 0.1) is 11.3 Å². The van der Waals surface area contributed by atoms with Gasteiger partial charge in [-0.05, 0) is 62.3 Å². The molecule has 4 rings (SSSR count). The Hall–Kier alpha value is -0.820. The van der Waals surface area contributed by atoms with Gasteiger partial charge in [-0.1, -0.05) is 30.3 Å². The van der Waals surface area contributed by atoms with E-state index in [0.29, 0.717) is 11.5 Å². The lowest BCUT2D eigenvalue weighted by atomic mass is 10.0. The Labute approximate surface area is 181 Å². The van der Waals surface area contributed by atoms with Gasteiger partial charge in [-0.25, -0.2) is 0 Å². The molecule has 2 aliphatic carbocycles. The molecule has 0 unspecified atom stereocenters. The van der Waals surface area contributed by atoms with Gasteiger partial charge < -0.3 is 10.6 Å². The highest BCUT2D eigenvalue weighted by Crippen LogP contribution is 2.61. The molecule has 0 atom stereocenters. The normalized spacial score (nSPS) is 22.8. The molecule has 2 N–H and O–H groups in total. The van der Waals surface area contributed by atoms with Crippen molar-refractivity contribution in [2.24, 2.45) is 16.3 Å². The number of rotatable bonds is 7. The van der Waals surface area contributed by atoms with Crippen LogP contribution in [0.5, 0.6) is 0 Å². The lowest BCUT2D eigenvalue weighted by Crippen LogP contribution is -2.48. The van der Waals surface area contributed by atoms with E-state index in [0.717, 1.165) is 44.6 Å². The fourth-order valence-electron chi connectivity index (χ4n) is 4.38. The van der Waals surface area contributed by atoms with Gasteiger partial charge in [-0.15, -0.1) is 24.0 Å². The molecule has 150 valence electrons. The van der Waals surface area contributed by atoms with Crippen LogP contribution in [0.15, 0.2) is 35.3 Å². The predicted octanol–water partition coefficient (Wildman–Crippen LogP) is 4.01. The minimum absolute atomic E-state index is 0. The van der Waals surface area contributed by atoms with Crippen LogP contribution in [0.4, 0.5) is 0 Å². The smallest absolute Gasteiger partial charge is 0.191 e. The van der Waals surface area contributed by atoms with Crippen LogP contribution in [0.3, 0.4) is 0 Å². The van der Waals surface area contributed by atoms with Crippen molar-refractivity contribution in [2.45, 2.75) is 58.0 Å². The van der Waals surface area contributed by atoms with Crippen molar-refractivity contribution >= 4 is 29.9 Å². The summed E-state index contributed by atoms with van der Waals surface area (Å²) in [6, 6.07) is 11.4. The van der Waals surface area contributed by atoms with Crippen molar-refractivity contribution in [1.82, 2.24) is 15.5 Å². The maximum atomic E-state index is 4.97. The number of piperidine rings is 1. The second-order valence-electron chi connectivity index (χ2n) is 8.51. The highest BCUT2D eigenvalue weighted by molar-refractivity contribution is 14.0. The summed E-state index contributed by atoms with van der Waals surface area (Å²) in [5.41, 5.74) is 2.00. The number of halogens is 1. The number of nitrogens with one attached hydrogen (secondary N) is 2. The molecule has 3 fully saturated rings. The summed E-state index contributed by atoms with van der Waals surface area (Å²) >= 11 is 0. The van der Waals surface area contributed by atoms with Gasteiger partial charge in [0.1, 0.15) is 0 Å². The average Bonchev–Trinajstić information content (AvgIpc) is 3.56. The molecule has 0 bridgehead atoms. The molecule has 4 nitrogen and oxygen atoms in total. The molecule has 1 heterocycles. The van der Waals surface area contributed by atoms with Crippen LogP contribution >= 0.6 is 24.0 Å². The molecular weight excluding hydrogens is 447 g/mol. The van der Waals surface area contributed by atoms with Crippen molar-refractivity contribution in [3.63, 3.8) is 0 Å². The third-order valence-electron chi connectivity index (χ3n) is 6.41. The van der Waals surface area contributed by atoms with Crippen molar-refractivity contribution < 1.29 is 0 Å². The van der Waals surface area contributed by atoms with E-state index in [1.807, 2.05) is 0 Å². The molecule has 2 saturated carbocycles. The van der Waals surface area contributed by atoms with Crippen molar-refractivity contribution in [1.29, 1.82) is 0 Å². The van der Waals surface area contributed by atoms with Gasteiger partial charge in [0, 0.05) is 38.8 Å². The summed E-state index contributed by atoms with van der Waals surface area (Å²) in [6.07, 6.45) is 8.09. The largest absolute Gasteiger partial charge is 0.357 e. The number of aliphatic imine (C=N–C) groups is 1. The van der Waals surface area contributed by atoms with E-state index < -0.39 is 0 Å². The van der Waals surface area contributed by atoms with E-state index in [2.05, 4.69) is 52.8 Å². The molecule has 5 heteroatoms. The van der Waals surface area contributed by atoms with Crippen LogP contribution in [-0.2, 0) is 6.54 Å². The lowest BCUT2D eigenvalue weighted by molar-refractivity contribution is 0.198. The first kappa shape index (κ1) is 20.9. The number of benzene rings is 1. The maximum Gasteiger partial charge on any atom is 0.191 e. The Kier molecular flexibility index (Phi) is 7.42. The van der Waals surface area contributed by atoms with E-state index in [1.165, 1.54) is 44.1 Å². The third kappa shape index (κ3) is 5.83. The highest BCUT2D eigenvalue weighted by Gasteiger charge is 2.53. The van der Waals surface area contributed by atoms with Gasteiger partial charge >= 0.3 is 0 Å². The second kappa shape index (κ2) is 9.59. The highest BCUT2D eigenvalue weighted by atomic mass is 127. The Bertz CT molecular complexity index is 602. The fraction of sp³-hybridized carbons (Fsp3) is 0.682. The van der Waals surface area contributed by atoms with Crippen LogP contribution in [-0.4, -0.2) is 43.1 Å². The fourth-order valence-corrected chi connectivity index (χ4v) is 4.38. The predicted molar refractivity (Wildman–Crippen MR) is 124 cm³/mol. The maximum absolute atomic E-state index is 4.97. The van der Waals surface area contributed by atoms with Gasteiger partial charge in [0.15, 0.2) is 5.96 Å². The monoisotopic (exact) mass is 482 g/mol. The standard InChI is InChI=1S/C22H34N4.HI/c1-2-23-21(24-17-22(12-13-22)19-8-9-19)25-20-10-14-26(15-11-20)16-18-6-4-3-5-7-18;/h3-7,19-20H,2,8-17H2,1H3,(H2,23,24,25);1H. The van der Waals surface area contributed by atoms with Gasteiger partial charge in [-0.3, -0.25) is 9.89 Å². The molecule has 1 aromatic carbocycles. The Morgan fingerprint density at radius 3 is 2.41 bits per heavy atom. The number of likely N-dealkylation sites (tertiary alicyclic amines) is 1. The molecule has 27 heavy (non-hydrogen) atoms. The molecule has 0 amide bonds. The van der Waals surface area contributed by atoms with E-state index >= 15 is 0 Å². The summed E-state index contributed by atoms with van der Waals surface area (Å²) in [7, 11) is 0. The van der Waals surface area contributed by atoms with Crippen molar-refractivity contribution in [3.05, 3.63) is 35.9 Å². The average molecular weight is 482 g/mol. The quantitative estimate of drug-likeness (QED) is 0.351. The first-order valence-electron chi connectivity index (χ1n) is 10.6. The van der Waals surface area contributed by atoms with E-state index in [9.17, 15) is 0 Å². The summed E-state index contributed by atoms with van der Waals surface area (Å²) in [6.45, 7) is 7.53. The topological polar surface area (TPSA) is 39.7 Å².